The molecule has 0 radical (unpaired) electrons. The molecule has 5 aromatic rings. The summed E-state index contributed by atoms with van der Waals surface area (Å²) in [4.78, 5) is 13.5. The standard InChI is InChI=1S/C21H15ClN6/c22-17-7-3-1-6-14(17)11-28-12-16-19(23)25-20(26-21(16)27-28)15-9-13-5-2-4-8-18(13)24-10-15/h1-10,12H,11H2,(H2,23,25,26,27). The number of nitrogens with two attached hydrogens (primary N) is 1. The van der Waals surface area contributed by atoms with Crippen LogP contribution in [0.1, 0.15) is 5.56 Å². The number of hydrogen-bond donors (Lipinski definition) is 1. The summed E-state index contributed by atoms with van der Waals surface area (Å²) >= 11 is 6.26. The van der Waals surface area contributed by atoms with E-state index in [2.05, 4.69) is 20.1 Å². The molecule has 3 aromatic heterocycles. The Balaban J connectivity index is 1.57. The SMILES string of the molecule is Nc1nc(-c2cnc3ccccc3c2)nc2nn(Cc3ccccc3Cl)cc12. The first kappa shape index (κ1) is 16.6. The smallest absolute Gasteiger partial charge is 0.186 e. The maximum Gasteiger partial charge on any atom is 0.186 e. The van der Waals surface area contributed by atoms with Crippen LogP contribution in [-0.2, 0) is 6.54 Å². The van der Waals surface area contributed by atoms with E-state index in [0.717, 1.165) is 22.0 Å². The quantitative estimate of drug-likeness (QED) is 0.499. The Morgan fingerprint density at radius 3 is 2.71 bits per heavy atom. The lowest BCUT2D eigenvalue weighted by Gasteiger charge is -2.03. The summed E-state index contributed by atoms with van der Waals surface area (Å²) < 4.78 is 1.78. The highest BCUT2D eigenvalue weighted by Crippen LogP contribution is 2.25. The van der Waals surface area contributed by atoms with E-state index >= 15 is 0 Å². The molecule has 2 aromatic carbocycles. The minimum atomic E-state index is 0.388. The molecule has 0 aliphatic heterocycles. The minimum Gasteiger partial charge on any atom is -0.383 e. The third-order valence-corrected chi connectivity index (χ3v) is 4.96. The average molecular weight is 387 g/mol. The molecule has 0 atom stereocenters. The monoisotopic (exact) mass is 386 g/mol. The highest BCUT2D eigenvalue weighted by atomic mass is 35.5. The number of halogens is 1. The van der Waals surface area contributed by atoms with E-state index in [0.29, 0.717) is 34.2 Å². The van der Waals surface area contributed by atoms with Crippen LogP contribution in [0.4, 0.5) is 5.82 Å². The van der Waals surface area contributed by atoms with Crippen molar-refractivity contribution in [2.45, 2.75) is 6.54 Å². The van der Waals surface area contributed by atoms with Gasteiger partial charge in [-0.3, -0.25) is 9.67 Å². The molecule has 0 bridgehead atoms. The first-order valence-corrected chi connectivity index (χ1v) is 9.14. The number of anilines is 1. The third kappa shape index (κ3) is 2.93. The first-order chi connectivity index (χ1) is 13.7. The lowest BCUT2D eigenvalue weighted by atomic mass is 10.1. The highest BCUT2D eigenvalue weighted by molar-refractivity contribution is 6.31. The van der Waals surface area contributed by atoms with Crippen LogP contribution in [-0.4, -0.2) is 24.7 Å². The van der Waals surface area contributed by atoms with Gasteiger partial charge in [-0.15, -0.1) is 0 Å². The van der Waals surface area contributed by atoms with Gasteiger partial charge in [0.05, 0.1) is 17.4 Å². The Bertz CT molecular complexity index is 1330. The van der Waals surface area contributed by atoms with Crippen molar-refractivity contribution in [3.63, 3.8) is 0 Å². The summed E-state index contributed by atoms with van der Waals surface area (Å²) in [5.41, 5.74) is 9.43. The van der Waals surface area contributed by atoms with E-state index < -0.39 is 0 Å². The molecule has 0 aliphatic carbocycles. The molecule has 0 unspecified atom stereocenters. The van der Waals surface area contributed by atoms with Gasteiger partial charge < -0.3 is 5.73 Å². The number of pyridine rings is 1. The van der Waals surface area contributed by atoms with Gasteiger partial charge in [0.15, 0.2) is 11.5 Å². The second-order valence-electron chi connectivity index (χ2n) is 6.50. The number of hydrogen-bond acceptors (Lipinski definition) is 5. The summed E-state index contributed by atoms with van der Waals surface area (Å²) in [6, 6.07) is 17.6. The number of nitrogens with zero attached hydrogens (tertiary/aromatic N) is 5. The van der Waals surface area contributed by atoms with E-state index in [1.54, 1.807) is 10.9 Å². The van der Waals surface area contributed by atoms with Crippen molar-refractivity contribution in [1.29, 1.82) is 0 Å². The second kappa shape index (κ2) is 6.58. The number of para-hydroxylation sites is 1. The molecular weight excluding hydrogens is 372 g/mol. The van der Waals surface area contributed by atoms with Crippen molar-refractivity contribution in [3.05, 3.63) is 77.6 Å². The highest BCUT2D eigenvalue weighted by Gasteiger charge is 2.13. The fourth-order valence-electron chi connectivity index (χ4n) is 3.18. The molecule has 0 fully saturated rings. The van der Waals surface area contributed by atoms with Crippen molar-refractivity contribution < 1.29 is 0 Å². The summed E-state index contributed by atoms with van der Waals surface area (Å²) in [7, 11) is 0. The van der Waals surface area contributed by atoms with E-state index in [9.17, 15) is 0 Å². The number of aromatic nitrogens is 5. The zero-order valence-electron chi connectivity index (χ0n) is 14.7. The molecule has 136 valence electrons. The van der Waals surface area contributed by atoms with Crippen LogP contribution in [0.25, 0.3) is 33.3 Å². The summed E-state index contributed by atoms with van der Waals surface area (Å²) in [5, 5.41) is 7.00. The van der Waals surface area contributed by atoms with Crippen molar-refractivity contribution in [3.8, 4) is 11.4 Å². The Morgan fingerprint density at radius 1 is 1.00 bits per heavy atom. The van der Waals surface area contributed by atoms with E-state index in [1.807, 2.05) is 60.8 Å². The van der Waals surface area contributed by atoms with Gasteiger partial charge in [0.25, 0.3) is 0 Å². The van der Waals surface area contributed by atoms with Crippen LogP contribution in [0.3, 0.4) is 0 Å². The Labute approximate surface area is 165 Å². The lowest BCUT2D eigenvalue weighted by Crippen LogP contribution is -2.00. The van der Waals surface area contributed by atoms with Crippen LogP contribution in [0.5, 0.6) is 0 Å². The van der Waals surface area contributed by atoms with E-state index in [4.69, 9.17) is 17.3 Å². The van der Waals surface area contributed by atoms with E-state index in [-0.39, 0.29) is 0 Å². The van der Waals surface area contributed by atoms with Gasteiger partial charge in [-0.1, -0.05) is 48.0 Å². The van der Waals surface area contributed by atoms with Crippen molar-refractivity contribution in [2.24, 2.45) is 0 Å². The van der Waals surface area contributed by atoms with Crippen LogP contribution in [0.15, 0.2) is 67.0 Å². The normalized spacial score (nSPS) is 11.3. The molecule has 0 saturated carbocycles. The van der Waals surface area contributed by atoms with Crippen molar-refractivity contribution >= 4 is 39.4 Å². The van der Waals surface area contributed by atoms with Crippen LogP contribution in [0.2, 0.25) is 5.02 Å². The lowest BCUT2D eigenvalue weighted by molar-refractivity contribution is 0.693. The Kier molecular flexibility index (Phi) is 3.91. The van der Waals surface area contributed by atoms with Crippen LogP contribution < -0.4 is 5.73 Å². The minimum absolute atomic E-state index is 0.388. The fourth-order valence-corrected chi connectivity index (χ4v) is 3.37. The molecule has 7 heteroatoms. The van der Waals surface area contributed by atoms with Crippen LogP contribution in [0, 0.1) is 0 Å². The number of rotatable bonds is 3. The Hall–Kier alpha value is -3.51. The molecule has 3 heterocycles. The Morgan fingerprint density at radius 2 is 1.82 bits per heavy atom. The summed E-state index contributed by atoms with van der Waals surface area (Å²) in [6.45, 7) is 0.530. The molecule has 0 spiro atoms. The summed E-state index contributed by atoms with van der Waals surface area (Å²) in [6.07, 6.45) is 3.60. The van der Waals surface area contributed by atoms with Gasteiger partial charge >= 0.3 is 0 Å². The molecular formula is C21H15ClN6. The molecule has 2 N–H and O–H groups in total. The van der Waals surface area contributed by atoms with Gasteiger partial charge in [-0.2, -0.15) is 5.10 Å². The predicted molar refractivity (Wildman–Crippen MR) is 111 cm³/mol. The number of fused-ring (bicyclic) bond motifs is 2. The van der Waals surface area contributed by atoms with E-state index in [1.165, 1.54) is 0 Å². The molecule has 0 aliphatic rings. The topological polar surface area (TPSA) is 82.5 Å². The zero-order chi connectivity index (χ0) is 19.1. The van der Waals surface area contributed by atoms with Gasteiger partial charge in [0.1, 0.15) is 5.82 Å². The van der Waals surface area contributed by atoms with Gasteiger partial charge in [-0.25, -0.2) is 9.97 Å². The molecule has 28 heavy (non-hydrogen) atoms. The van der Waals surface area contributed by atoms with Crippen molar-refractivity contribution in [2.75, 3.05) is 5.73 Å². The maximum atomic E-state index is 6.26. The molecule has 6 nitrogen and oxygen atoms in total. The maximum absolute atomic E-state index is 6.26. The third-order valence-electron chi connectivity index (χ3n) is 4.60. The fraction of sp³-hybridized carbons (Fsp3) is 0.0476. The number of benzene rings is 2. The van der Waals surface area contributed by atoms with Gasteiger partial charge in [-0.05, 0) is 23.8 Å². The number of nitrogen functional groups attached to an aromatic ring is 1. The van der Waals surface area contributed by atoms with Gasteiger partial charge in [0.2, 0.25) is 0 Å². The predicted octanol–water partition coefficient (Wildman–Crippen LogP) is 4.33. The molecule has 0 saturated heterocycles. The van der Waals surface area contributed by atoms with Crippen LogP contribution >= 0.6 is 11.6 Å². The zero-order valence-corrected chi connectivity index (χ0v) is 15.5. The molecule has 5 rings (SSSR count). The largest absolute Gasteiger partial charge is 0.383 e. The second-order valence-corrected chi connectivity index (χ2v) is 6.91. The van der Waals surface area contributed by atoms with Gasteiger partial charge in [0, 0.05) is 28.4 Å². The molecule has 0 amide bonds. The summed E-state index contributed by atoms with van der Waals surface area (Å²) in [5.74, 6) is 0.893. The first-order valence-electron chi connectivity index (χ1n) is 8.76. The van der Waals surface area contributed by atoms with Crippen molar-refractivity contribution in [1.82, 2.24) is 24.7 Å². The average Bonchev–Trinajstić information content (AvgIpc) is 3.12.